The summed E-state index contributed by atoms with van der Waals surface area (Å²) in [5, 5.41) is 0. The highest BCUT2D eigenvalue weighted by atomic mass is 16.5. The summed E-state index contributed by atoms with van der Waals surface area (Å²) < 4.78 is 11.0. The fraction of sp³-hybridized carbons (Fsp3) is 0.850. The number of ether oxygens (including phenoxy) is 2. The third-order valence-corrected chi connectivity index (χ3v) is 4.39. The van der Waals surface area contributed by atoms with E-state index in [1.165, 1.54) is 32.1 Å². The third-order valence-electron chi connectivity index (χ3n) is 4.39. The number of rotatable bonds is 16. The van der Waals surface area contributed by atoms with Gasteiger partial charge >= 0.3 is 0 Å². The van der Waals surface area contributed by atoms with Crippen LogP contribution in [0, 0.1) is 11.8 Å². The number of hydrogen-bond acceptors (Lipinski definition) is 3. The van der Waals surface area contributed by atoms with Crippen molar-refractivity contribution in [2.24, 2.45) is 11.8 Å². The second-order valence-electron chi connectivity index (χ2n) is 6.67. The Bertz CT molecular complexity index is 312. The van der Waals surface area contributed by atoms with E-state index >= 15 is 0 Å². The molecule has 0 aromatic heterocycles. The zero-order valence-corrected chi connectivity index (χ0v) is 15.9. The van der Waals surface area contributed by atoms with Gasteiger partial charge in [-0.1, -0.05) is 59.5 Å². The van der Waals surface area contributed by atoms with E-state index in [1.807, 2.05) is 13.8 Å². The van der Waals surface area contributed by atoms with E-state index in [9.17, 15) is 4.79 Å². The van der Waals surface area contributed by atoms with Crippen LogP contribution in [0.25, 0.3) is 0 Å². The molecule has 0 fully saturated rings. The molecule has 0 spiro atoms. The molecular weight excluding hydrogens is 288 g/mol. The first kappa shape index (κ1) is 22.2. The molecule has 2 atom stereocenters. The van der Waals surface area contributed by atoms with Crippen molar-refractivity contribution in [2.75, 3.05) is 20.3 Å². The maximum atomic E-state index is 12.1. The first-order valence-corrected chi connectivity index (χ1v) is 9.37. The van der Waals surface area contributed by atoms with E-state index in [-0.39, 0.29) is 11.8 Å². The highest BCUT2D eigenvalue weighted by Crippen LogP contribution is 2.16. The molecule has 0 saturated heterocycles. The molecule has 0 N–H and O–H groups in total. The van der Waals surface area contributed by atoms with Crippen molar-refractivity contribution in [3.05, 3.63) is 12.3 Å². The van der Waals surface area contributed by atoms with Crippen LogP contribution >= 0.6 is 0 Å². The highest BCUT2D eigenvalue weighted by molar-refractivity contribution is 5.80. The third kappa shape index (κ3) is 12.3. The summed E-state index contributed by atoms with van der Waals surface area (Å²) in [6, 6.07) is 0. The monoisotopic (exact) mass is 326 g/mol. The van der Waals surface area contributed by atoms with Crippen LogP contribution in [0.4, 0.5) is 0 Å². The van der Waals surface area contributed by atoms with E-state index in [2.05, 4.69) is 13.5 Å². The molecule has 136 valence electrons. The minimum atomic E-state index is 0.126. The Balaban J connectivity index is 3.92. The van der Waals surface area contributed by atoms with Crippen LogP contribution in [0.15, 0.2) is 12.3 Å². The standard InChI is InChI=1S/C20H38O3/c1-6-8-9-10-11-12-13-18(4)23-16-19(15-22-5)14-20(21)17(3)7-2/h17,19H,4,6-16H2,1-3,5H3. The second-order valence-corrected chi connectivity index (χ2v) is 6.67. The van der Waals surface area contributed by atoms with Gasteiger partial charge in [0.05, 0.1) is 19.0 Å². The van der Waals surface area contributed by atoms with Gasteiger partial charge in [-0.3, -0.25) is 4.79 Å². The summed E-state index contributed by atoms with van der Waals surface area (Å²) in [4.78, 5) is 12.1. The van der Waals surface area contributed by atoms with Crippen molar-refractivity contribution in [3.63, 3.8) is 0 Å². The quantitative estimate of drug-likeness (QED) is 0.276. The minimum Gasteiger partial charge on any atom is -0.498 e. The van der Waals surface area contributed by atoms with E-state index in [0.29, 0.717) is 25.4 Å². The lowest BCUT2D eigenvalue weighted by Gasteiger charge is -2.19. The first-order valence-electron chi connectivity index (χ1n) is 9.37. The van der Waals surface area contributed by atoms with Gasteiger partial charge in [0, 0.05) is 31.8 Å². The molecule has 0 aliphatic carbocycles. The lowest BCUT2D eigenvalue weighted by atomic mass is 9.94. The van der Waals surface area contributed by atoms with Crippen molar-refractivity contribution < 1.29 is 14.3 Å². The molecule has 0 aliphatic rings. The summed E-state index contributed by atoms with van der Waals surface area (Å²) >= 11 is 0. The molecule has 3 nitrogen and oxygen atoms in total. The maximum Gasteiger partial charge on any atom is 0.136 e. The fourth-order valence-electron chi connectivity index (χ4n) is 2.53. The molecule has 0 rings (SSSR count). The molecule has 3 heteroatoms. The Kier molecular flexibility index (Phi) is 14.2. The van der Waals surface area contributed by atoms with E-state index < -0.39 is 0 Å². The normalized spacial score (nSPS) is 13.6. The van der Waals surface area contributed by atoms with E-state index in [4.69, 9.17) is 9.47 Å². The molecule has 0 saturated carbocycles. The predicted molar refractivity (Wildman–Crippen MR) is 97.5 cm³/mol. The topological polar surface area (TPSA) is 35.5 Å². The molecule has 0 amide bonds. The molecule has 0 aromatic rings. The van der Waals surface area contributed by atoms with Crippen LogP contribution in [0.5, 0.6) is 0 Å². The highest BCUT2D eigenvalue weighted by Gasteiger charge is 2.18. The smallest absolute Gasteiger partial charge is 0.136 e. The van der Waals surface area contributed by atoms with E-state index in [0.717, 1.165) is 25.0 Å². The molecule has 0 radical (unpaired) electrons. The Morgan fingerprint density at radius 2 is 1.70 bits per heavy atom. The Morgan fingerprint density at radius 3 is 2.30 bits per heavy atom. The number of unbranched alkanes of at least 4 members (excludes halogenated alkanes) is 5. The van der Waals surface area contributed by atoms with Crippen molar-refractivity contribution in [1.82, 2.24) is 0 Å². The zero-order chi connectivity index (χ0) is 17.5. The number of ketones is 1. The number of allylic oxidation sites excluding steroid dienone is 1. The van der Waals surface area contributed by atoms with Gasteiger partial charge in [-0.25, -0.2) is 0 Å². The van der Waals surface area contributed by atoms with Gasteiger partial charge in [0.25, 0.3) is 0 Å². The van der Waals surface area contributed by atoms with Crippen LogP contribution in [-0.2, 0) is 14.3 Å². The number of carbonyl (C=O) groups excluding carboxylic acids is 1. The Labute approximate surface area is 143 Å². The molecular formula is C20H38O3. The van der Waals surface area contributed by atoms with Gasteiger partial charge in [0.15, 0.2) is 0 Å². The average molecular weight is 327 g/mol. The summed E-state index contributed by atoms with van der Waals surface area (Å²) in [5.74, 6) is 1.40. The fourth-order valence-corrected chi connectivity index (χ4v) is 2.53. The first-order chi connectivity index (χ1) is 11.0. The van der Waals surface area contributed by atoms with Crippen molar-refractivity contribution in [2.45, 2.75) is 78.6 Å². The largest absolute Gasteiger partial charge is 0.498 e. The van der Waals surface area contributed by atoms with Crippen molar-refractivity contribution in [1.29, 1.82) is 0 Å². The summed E-state index contributed by atoms with van der Waals surface area (Å²) in [6.07, 6.45) is 9.99. The number of methoxy groups -OCH3 is 1. The van der Waals surface area contributed by atoms with Crippen molar-refractivity contribution >= 4 is 5.78 Å². The summed E-state index contributed by atoms with van der Waals surface area (Å²) in [7, 11) is 1.67. The number of Topliss-reactive ketones (excluding diaryl/α,β-unsaturated/α-hetero) is 1. The maximum absolute atomic E-state index is 12.1. The number of hydrogen-bond donors (Lipinski definition) is 0. The van der Waals surface area contributed by atoms with Crippen LogP contribution in [0.3, 0.4) is 0 Å². The van der Waals surface area contributed by atoms with Gasteiger partial charge in [-0.2, -0.15) is 0 Å². The van der Waals surface area contributed by atoms with Gasteiger partial charge < -0.3 is 9.47 Å². The molecule has 0 bridgehead atoms. The predicted octanol–water partition coefficient (Wildman–Crippen LogP) is 5.54. The molecule has 23 heavy (non-hydrogen) atoms. The average Bonchev–Trinajstić information content (AvgIpc) is 2.55. The van der Waals surface area contributed by atoms with Gasteiger partial charge in [0.1, 0.15) is 5.78 Å². The lowest BCUT2D eigenvalue weighted by molar-refractivity contribution is -0.124. The van der Waals surface area contributed by atoms with Crippen LogP contribution in [0.2, 0.25) is 0 Å². The van der Waals surface area contributed by atoms with E-state index in [1.54, 1.807) is 7.11 Å². The summed E-state index contributed by atoms with van der Waals surface area (Å²) in [6.45, 7) is 11.4. The molecule has 0 aromatic carbocycles. The van der Waals surface area contributed by atoms with Crippen LogP contribution in [0.1, 0.15) is 78.6 Å². The van der Waals surface area contributed by atoms with Crippen molar-refractivity contribution in [3.8, 4) is 0 Å². The molecule has 2 unspecified atom stereocenters. The lowest BCUT2D eigenvalue weighted by Crippen LogP contribution is -2.22. The van der Waals surface area contributed by atoms with Gasteiger partial charge in [-0.15, -0.1) is 0 Å². The number of carbonyl (C=O) groups is 1. The molecule has 0 aliphatic heterocycles. The van der Waals surface area contributed by atoms with Gasteiger partial charge in [-0.05, 0) is 12.8 Å². The second kappa shape index (κ2) is 14.7. The Morgan fingerprint density at radius 1 is 1.04 bits per heavy atom. The van der Waals surface area contributed by atoms with Crippen LogP contribution in [-0.4, -0.2) is 26.1 Å². The van der Waals surface area contributed by atoms with Gasteiger partial charge in [0.2, 0.25) is 0 Å². The Hall–Kier alpha value is -0.830. The summed E-state index contributed by atoms with van der Waals surface area (Å²) in [5.41, 5.74) is 0. The zero-order valence-electron chi connectivity index (χ0n) is 15.9. The SMILES string of the molecule is C=C(CCCCCCCC)OCC(COC)CC(=O)C(C)CC. The van der Waals surface area contributed by atoms with Crippen LogP contribution < -0.4 is 0 Å². The molecule has 0 heterocycles. The minimum absolute atomic E-state index is 0.126.